The number of hydrogen-bond acceptors (Lipinski definition) is 2. The van der Waals surface area contributed by atoms with E-state index in [0.29, 0.717) is 0 Å². The number of aliphatic hydroxyl groups excluding tert-OH is 1. The molecule has 1 rings (SSSR count). The molecule has 0 radical (unpaired) electrons. The maximum atomic E-state index is 11.0. The van der Waals surface area contributed by atoms with E-state index in [-0.39, 0.29) is 30.1 Å². The Balaban J connectivity index is 2.54. The maximum absolute atomic E-state index is 11.0. The summed E-state index contributed by atoms with van der Waals surface area (Å²) in [5.74, 6) is 0. The summed E-state index contributed by atoms with van der Waals surface area (Å²) in [6.45, 7) is 6.35. The Morgan fingerprint density at radius 2 is 1.85 bits per heavy atom. The lowest BCUT2D eigenvalue weighted by Gasteiger charge is -2.25. The summed E-state index contributed by atoms with van der Waals surface area (Å²) < 4.78 is 0. The van der Waals surface area contributed by atoms with Crippen LogP contribution in [0.4, 0.5) is 4.79 Å². The Morgan fingerprint density at radius 3 is 2.31 bits per heavy atom. The molecule has 0 spiro atoms. The molecule has 1 heterocycles. The fourth-order valence-corrected chi connectivity index (χ4v) is 1.61. The van der Waals surface area contributed by atoms with Crippen LogP contribution in [0.3, 0.4) is 0 Å². The topological polar surface area (TPSA) is 61.4 Å². The van der Waals surface area contributed by atoms with Gasteiger partial charge < -0.3 is 15.7 Å². The molecule has 0 aromatic rings. The van der Waals surface area contributed by atoms with Crippen molar-refractivity contribution in [3.8, 4) is 0 Å². The van der Waals surface area contributed by atoms with Crippen LogP contribution < -0.4 is 10.6 Å². The van der Waals surface area contributed by atoms with Crippen molar-refractivity contribution in [1.29, 1.82) is 0 Å². The van der Waals surface area contributed by atoms with Gasteiger partial charge in [-0.1, -0.05) is 20.8 Å². The lowest BCUT2D eigenvalue weighted by molar-refractivity contribution is 0.218. The highest BCUT2D eigenvalue weighted by atomic mass is 16.3. The van der Waals surface area contributed by atoms with Crippen molar-refractivity contribution in [2.24, 2.45) is 5.41 Å². The summed E-state index contributed by atoms with van der Waals surface area (Å²) in [5.41, 5.74) is 0.164. The van der Waals surface area contributed by atoms with E-state index in [1.165, 1.54) is 0 Å². The van der Waals surface area contributed by atoms with Gasteiger partial charge in [0.15, 0.2) is 0 Å². The van der Waals surface area contributed by atoms with Gasteiger partial charge in [-0.2, -0.15) is 0 Å². The second kappa shape index (κ2) is 3.54. The zero-order chi connectivity index (χ0) is 10.1. The Hall–Kier alpha value is -0.770. The molecule has 1 fully saturated rings. The van der Waals surface area contributed by atoms with Crippen molar-refractivity contribution >= 4 is 6.03 Å². The standard InChI is InChI=1S/C9H18N2O2/c1-9(2,3)4-6-7(5-12)11-8(13)10-6/h6-7,12H,4-5H2,1-3H3,(H2,10,11,13). The minimum absolute atomic E-state index is 0.000509. The second-order valence-electron chi connectivity index (χ2n) is 4.78. The van der Waals surface area contributed by atoms with Gasteiger partial charge in [-0.25, -0.2) is 4.79 Å². The minimum Gasteiger partial charge on any atom is -0.394 e. The molecule has 0 bridgehead atoms. The summed E-state index contributed by atoms with van der Waals surface area (Å²) in [7, 11) is 0. The fourth-order valence-electron chi connectivity index (χ4n) is 1.61. The molecule has 0 aliphatic carbocycles. The number of rotatable bonds is 2. The summed E-state index contributed by atoms with van der Waals surface area (Å²) in [4.78, 5) is 11.0. The highest BCUT2D eigenvalue weighted by Crippen LogP contribution is 2.23. The molecule has 1 saturated heterocycles. The van der Waals surface area contributed by atoms with Gasteiger partial charge in [-0.3, -0.25) is 0 Å². The van der Waals surface area contributed by atoms with Crippen molar-refractivity contribution < 1.29 is 9.90 Å². The molecule has 1 aliphatic heterocycles. The van der Waals surface area contributed by atoms with Crippen LogP contribution in [0.25, 0.3) is 0 Å². The third-order valence-electron chi connectivity index (χ3n) is 2.15. The zero-order valence-electron chi connectivity index (χ0n) is 8.42. The lowest BCUT2D eigenvalue weighted by Crippen LogP contribution is -2.39. The minimum atomic E-state index is -0.173. The molecule has 0 aromatic heterocycles. The normalized spacial score (nSPS) is 28.5. The molecular formula is C9H18N2O2. The van der Waals surface area contributed by atoms with Gasteiger partial charge in [0.05, 0.1) is 18.7 Å². The van der Waals surface area contributed by atoms with E-state index in [9.17, 15) is 4.79 Å². The number of hydrogen-bond donors (Lipinski definition) is 3. The summed E-state index contributed by atoms with van der Waals surface area (Å²) in [6.07, 6.45) is 0.872. The third-order valence-corrected chi connectivity index (χ3v) is 2.15. The van der Waals surface area contributed by atoms with Gasteiger partial charge in [0.1, 0.15) is 0 Å². The van der Waals surface area contributed by atoms with Crippen LogP contribution in [0.5, 0.6) is 0 Å². The number of amides is 2. The highest BCUT2D eigenvalue weighted by Gasteiger charge is 2.33. The Bertz CT molecular complexity index is 198. The van der Waals surface area contributed by atoms with Crippen LogP contribution in [0, 0.1) is 5.41 Å². The molecule has 2 amide bonds. The Labute approximate surface area is 78.7 Å². The van der Waals surface area contributed by atoms with Gasteiger partial charge >= 0.3 is 6.03 Å². The molecule has 1 aliphatic rings. The van der Waals surface area contributed by atoms with Crippen molar-refractivity contribution in [3.63, 3.8) is 0 Å². The van der Waals surface area contributed by atoms with Gasteiger partial charge in [-0.05, 0) is 11.8 Å². The first-order valence-corrected chi connectivity index (χ1v) is 4.60. The molecule has 3 N–H and O–H groups in total. The molecule has 2 unspecified atom stereocenters. The SMILES string of the molecule is CC(C)(C)CC1NC(=O)NC1CO. The number of aliphatic hydroxyl groups is 1. The smallest absolute Gasteiger partial charge is 0.315 e. The van der Waals surface area contributed by atoms with Gasteiger partial charge in [0, 0.05) is 0 Å². The first-order chi connectivity index (χ1) is 5.92. The zero-order valence-corrected chi connectivity index (χ0v) is 8.42. The van der Waals surface area contributed by atoms with Crippen LogP contribution in [0.15, 0.2) is 0 Å². The molecule has 4 heteroatoms. The molecule has 0 aromatic carbocycles. The first-order valence-electron chi connectivity index (χ1n) is 4.60. The van der Waals surface area contributed by atoms with E-state index in [2.05, 4.69) is 31.4 Å². The highest BCUT2D eigenvalue weighted by molar-refractivity contribution is 5.77. The monoisotopic (exact) mass is 186 g/mol. The van der Waals surface area contributed by atoms with Crippen LogP contribution >= 0.6 is 0 Å². The molecule has 76 valence electrons. The predicted molar refractivity (Wildman–Crippen MR) is 50.4 cm³/mol. The summed E-state index contributed by atoms with van der Waals surface area (Å²) >= 11 is 0. The second-order valence-corrected chi connectivity index (χ2v) is 4.78. The number of urea groups is 1. The van der Waals surface area contributed by atoms with E-state index in [0.717, 1.165) is 6.42 Å². The van der Waals surface area contributed by atoms with Crippen molar-refractivity contribution in [2.75, 3.05) is 6.61 Å². The predicted octanol–water partition coefficient (Wildman–Crippen LogP) is 0.465. The van der Waals surface area contributed by atoms with Gasteiger partial charge in [0.2, 0.25) is 0 Å². The van der Waals surface area contributed by atoms with Crippen molar-refractivity contribution in [1.82, 2.24) is 10.6 Å². The van der Waals surface area contributed by atoms with Gasteiger partial charge in [-0.15, -0.1) is 0 Å². The molecule has 4 nitrogen and oxygen atoms in total. The maximum Gasteiger partial charge on any atom is 0.315 e. The largest absolute Gasteiger partial charge is 0.394 e. The molecule has 0 saturated carbocycles. The van der Waals surface area contributed by atoms with Crippen LogP contribution in [-0.2, 0) is 0 Å². The van der Waals surface area contributed by atoms with Crippen LogP contribution in [0.2, 0.25) is 0 Å². The molecule has 13 heavy (non-hydrogen) atoms. The van der Waals surface area contributed by atoms with E-state index in [1.54, 1.807) is 0 Å². The number of carbonyl (C=O) groups excluding carboxylic acids is 1. The fraction of sp³-hybridized carbons (Fsp3) is 0.889. The number of carbonyl (C=O) groups is 1. The Kier molecular flexibility index (Phi) is 2.81. The van der Waals surface area contributed by atoms with E-state index in [4.69, 9.17) is 5.11 Å². The summed E-state index contributed by atoms with van der Waals surface area (Å²) in [6, 6.07) is -0.252. The molecular weight excluding hydrogens is 168 g/mol. The van der Waals surface area contributed by atoms with Crippen molar-refractivity contribution in [3.05, 3.63) is 0 Å². The van der Waals surface area contributed by atoms with Crippen LogP contribution in [-0.4, -0.2) is 29.8 Å². The molecule has 2 atom stereocenters. The van der Waals surface area contributed by atoms with E-state index in [1.807, 2.05) is 0 Å². The average molecular weight is 186 g/mol. The Morgan fingerprint density at radius 1 is 1.31 bits per heavy atom. The summed E-state index contributed by atoms with van der Waals surface area (Å²) in [5, 5.41) is 14.5. The third kappa shape index (κ3) is 2.88. The van der Waals surface area contributed by atoms with Crippen molar-refractivity contribution in [2.45, 2.75) is 39.3 Å². The first kappa shape index (κ1) is 10.3. The van der Waals surface area contributed by atoms with Gasteiger partial charge in [0.25, 0.3) is 0 Å². The average Bonchev–Trinajstić information content (AvgIpc) is 2.27. The lowest BCUT2D eigenvalue weighted by atomic mass is 9.86. The van der Waals surface area contributed by atoms with E-state index < -0.39 is 0 Å². The van der Waals surface area contributed by atoms with Crippen LogP contribution in [0.1, 0.15) is 27.2 Å². The number of nitrogens with one attached hydrogen (secondary N) is 2. The quantitative estimate of drug-likeness (QED) is 0.587. The van der Waals surface area contributed by atoms with E-state index >= 15 is 0 Å².